The molecule has 11 heteroatoms. The summed E-state index contributed by atoms with van der Waals surface area (Å²) in [6.07, 6.45) is 4.91. The van der Waals surface area contributed by atoms with E-state index in [1.165, 1.54) is 19.1 Å². The van der Waals surface area contributed by atoms with E-state index in [1.807, 2.05) is 16.9 Å². The van der Waals surface area contributed by atoms with E-state index in [4.69, 9.17) is 19.6 Å². The van der Waals surface area contributed by atoms with Crippen molar-refractivity contribution in [3.8, 4) is 11.3 Å². The molecule has 0 spiro atoms. The van der Waals surface area contributed by atoms with Gasteiger partial charge in [-0.1, -0.05) is 25.7 Å². The van der Waals surface area contributed by atoms with Crippen molar-refractivity contribution in [2.45, 2.75) is 71.2 Å². The molecule has 1 saturated carbocycles. The van der Waals surface area contributed by atoms with E-state index in [2.05, 4.69) is 53.5 Å². The first-order valence-corrected chi connectivity index (χ1v) is 20.2. The number of benzene rings is 1. The molecular weight excluding hydrogens is 597 g/mol. The number of amides is 1. The third kappa shape index (κ3) is 5.04. The second-order valence-electron chi connectivity index (χ2n) is 14.8. The summed E-state index contributed by atoms with van der Waals surface area (Å²) in [4.78, 5) is 34.5. The number of carbonyl (C=O) groups is 2. The summed E-state index contributed by atoms with van der Waals surface area (Å²) in [6.45, 7) is 13.0. The molecule has 240 valence electrons. The van der Waals surface area contributed by atoms with Crippen molar-refractivity contribution in [1.29, 1.82) is 0 Å². The van der Waals surface area contributed by atoms with Crippen molar-refractivity contribution in [1.82, 2.24) is 24.6 Å². The number of carbonyl (C=O) groups excluding carboxylic acids is 2. The van der Waals surface area contributed by atoms with Gasteiger partial charge in [0, 0.05) is 57.2 Å². The van der Waals surface area contributed by atoms with Gasteiger partial charge in [0.15, 0.2) is 0 Å². The predicted molar refractivity (Wildman–Crippen MR) is 179 cm³/mol. The lowest BCUT2D eigenvalue weighted by atomic mass is 9.96. The van der Waals surface area contributed by atoms with Crippen LogP contribution >= 0.6 is 0 Å². The van der Waals surface area contributed by atoms with Crippen molar-refractivity contribution in [2.75, 3.05) is 31.7 Å². The van der Waals surface area contributed by atoms with Gasteiger partial charge in [0.25, 0.3) is 5.91 Å². The number of pyridine rings is 1. The maximum atomic E-state index is 14.1. The summed E-state index contributed by atoms with van der Waals surface area (Å²) in [5, 5.41) is 8.91. The minimum absolute atomic E-state index is 0.177. The first kappa shape index (κ1) is 29.4. The molecule has 46 heavy (non-hydrogen) atoms. The van der Waals surface area contributed by atoms with Crippen molar-refractivity contribution in [2.24, 2.45) is 11.8 Å². The van der Waals surface area contributed by atoms with E-state index in [9.17, 15) is 9.59 Å². The van der Waals surface area contributed by atoms with Gasteiger partial charge in [-0.25, -0.2) is 14.5 Å². The number of piperidine rings is 1. The number of nitrogens with zero attached hydrogens (tertiary/aromatic N) is 5. The van der Waals surface area contributed by atoms with Crippen LogP contribution in [-0.4, -0.2) is 66.1 Å². The summed E-state index contributed by atoms with van der Waals surface area (Å²) in [7, 11) is 0.218. The lowest BCUT2D eigenvalue weighted by molar-refractivity contribution is 0.0600. The van der Waals surface area contributed by atoms with Crippen LogP contribution in [0.2, 0.25) is 25.7 Å². The summed E-state index contributed by atoms with van der Waals surface area (Å²) in [5.74, 6) is 1.96. The fraction of sp³-hybridized carbons (Fsp3) is 0.486. The quantitative estimate of drug-likeness (QED) is 0.128. The van der Waals surface area contributed by atoms with Crippen molar-refractivity contribution < 1.29 is 19.1 Å². The van der Waals surface area contributed by atoms with E-state index >= 15 is 0 Å². The van der Waals surface area contributed by atoms with Gasteiger partial charge in [-0.05, 0) is 73.4 Å². The highest BCUT2D eigenvalue weighted by Gasteiger charge is 2.45. The van der Waals surface area contributed by atoms with E-state index in [1.54, 1.807) is 6.07 Å². The molecule has 1 aromatic carbocycles. The van der Waals surface area contributed by atoms with E-state index in [0.717, 1.165) is 95.3 Å². The molecule has 2 aliphatic carbocycles. The van der Waals surface area contributed by atoms with Crippen LogP contribution in [0.15, 0.2) is 30.5 Å². The molecule has 0 radical (unpaired) electrons. The first-order chi connectivity index (χ1) is 22.1. The Labute approximate surface area is 270 Å². The van der Waals surface area contributed by atoms with Crippen LogP contribution in [-0.2, 0) is 29.2 Å². The molecule has 3 aromatic heterocycles. The third-order valence-corrected chi connectivity index (χ3v) is 12.1. The second kappa shape index (κ2) is 10.8. The molecule has 10 nitrogen and oxygen atoms in total. The van der Waals surface area contributed by atoms with Gasteiger partial charge in [-0.2, -0.15) is 5.10 Å². The summed E-state index contributed by atoms with van der Waals surface area (Å²) in [6, 6.07) is 8.84. The topological polar surface area (TPSA) is 104 Å². The Morgan fingerprint density at radius 1 is 1.13 bits per heavy atom. The number of esters is 1. The van der Waals surface area contributed by atoms with Gasteiger partial charge >= 0.3 is 5.97 Å². The van der Waals surface area contributed by atoms with Gasteiger partial charge in [-0.3, -0.25) is 4.79 Å². The minimum Gasteiger partial charge on any atom is -0.465 e. The number of nitrogens with one attached hydrogen (secondary N) is 1. The Balaban J connectivity index is 1.09. The number of ether oxygens (including phenoxy) is 2. The largest absolute Gasteiger partial charge is 0.465 e. The third-order valence-electron chi connectivity index (χ3n) is 10.4. The average molecular weight is 639 g/mol. The number of methoxy groups -OCH3 is 1. The van der Waals surface area contributed by atoms with E-state index in [0.29, 0.717) is 24.4 Å². The molecule has 1 saturated heterocycles. The highest BCUT2D eigenvalue weighted by atomic mass is 28.3. The van der Waals surface area contributed by atoms with Crippen molar-refractivity contribution in [3.05, 3.63) is 64.1 Å². The van der Waals surface area contributed by atoms with Gasteiger partial charge in [0.05, 0.1) is 41.2 Å². The number of rotatable bonds is 9. The monoisotopic (exact) mass is 638 g/mol. The van der Waals surface area contributed by atoms with Crippen molar-refractivity contribution >= 4 is 36.7 Å². The Hall–Kier alpha value is -3.96. The van der Waals surface area contributed by atoms with E-state index < -0.39 is 14.0 Å². The zero-order valence-corrected chi connectivity index (χ0v) is 28.4. The number of hydrogen-bond donors (Lipinski definition) is 1. The van der Waals surface area contributed by atoms with Crippen LogP contribution < -0.4 is 10.2 Å². The lowest BCUT2D eigenvalue weighted by Crippen LogP contribution is -2.27. The zero-order chi connectivity index (χ0) is 31.9. The average Bonchev–Trinajstić information content (AvgIpc) is 3.36. The maximum Gasteiger partial charge on any atom is 0.337 e. The number of aromatic nitrogens is 4. The highest BCUT2D eigenvalue weighted by molar-refractivity contribution is 6.76. The molecule has 4 aromatic rings. The van der Waals surface area contributed by atoms with Gasteiger partial charge in [0.1, 0.15) is 12.5 Å². The van der Waals surface area contributed by atoms with Crippen LogP contribution in [0.1, 0.15) is 62.1 Å². The summed E-state index contributed by atoms with van der Waals surface area (Å²) < 4.78 is 15.2. The molecule has 1 N–H and O–H groups in total. The van der Waals surface area contributed by atoms with Crippen LogP contribution in [0.5, 0.6) is 0 Å². The number of fused-ring (bicyclic) bond motifs is 4. The van der Waals surface area contributed by atoms with Crippen LogP contribution in [0.3, 0.4) is 0 Å². The SMILES string of the molecule is COC(=O)c1cc2c3c(c1)c(C(=O)N[C@@H]1CCc4c1nn(COCC[Si](C)(C)C)c4C)cn3Cc1ccc(N3CC4CC4C3)nc1-2. The molecule has 0 bridgehead atoms. The standard InChI is InChI=1S/C35H42N6O4Si/c1-20-25-7-8-29(32(25)38-41(20)19-45-10-11-46(3,4)5)36-34(42)28-18-40-15-21-6-9-30(39-16-23-12-24(23)17-39)37-31(21)27-14-22(35(43)44-2)13-26(28)33(27)40/h6,9,13-14,18,23-24,29H,7-8,10-12,15-17,19H2,1-5H3,(H,36,42)/t23?,24?,29-/m1/s1. The van der Waals surface area contributed by atoms with Crippen LogP contribution in [0.4, 0.5) is 5.82 Å². The Bertz CT molecular complexity index is 1890. The van der Waals surface area contributed by atoms with Crippen LogP contribution in [0, 0.1) is 18.8 Å². The van der Waals surface area contributed by atoms with Gasteiger partial charge < -0.3 is 24.3 Å². The molecule has 8 rings (SSSR count). The fourth-order valence-electron chi connectivity index (χ4n) is 7.60. The molecule has 1 amide bonds. The minimum atomic E-state index is -1.17. The first-order valence-electron chi connectivity index (χ1n) is 16.5. The van der Waals surface area contributed by atoms with Crippen LogP contribution in [0.25, 0.3) is 22.2 Å². The fourth-order valence-corrected chi connectivity index (χ4v) is 8.35. The van der Waals surface area contributed by atoms with Crippen molar-refractivity contribution in [3.63, 3.8) is 0 Å². The maximum absolute atomic E-state index is 14.1. The summed E-state index contributed by atoms with van der Waals surface area (Å²) >= 11 is 0. The smallest absolute Gasteiger partial charge is 0.337 e. The lowest BCUT2D eigenvalue weighted by Gasteiger charge is -2.24. The Morgan fingerprint density at radius 2 is 1.93 bits per heavy atom. The molecule has 5 heterocycles. The number of anilines is 1. The summed E-state index contributed by atoms with van der Waals surface area (Å²) in [5.41, 5.74) is 7.89. The van der Waals surface area contributed by atoms with E-state index in [-0.39, 0.29) is 11.9 Å². The molecule has 2 unspecified atom stereocenters. The normalized spacial score (nSPS) is 20.9. The predicted octanol–water partition coefficient (Wildman–Crippen LogP) is 5.54. The molecule has 3 atom stereocenters. The second-order valence-corrected chi connectivity index (χ2v) is 20.4. The molecule has 2 aliphatic heterocycles. The highest BCUT2D eigenvalue weighted by Crippen LogP contribution is 2.47. The zero-order valence-electron chi connectivity index (χ0n) is 27.4. The molecule has 4 aliphatic rings. The molecule has 2 fully saturated rings. The molecular formula is C35H42N6O4Si. The van der Waals surface area contributed by atoms with Gasteiger partial charge in [-0.15, -0.1) is 0 Å². The van der Waals surface area contributed by atoms with Gasteiger partial charge in [0.2, 0.25) is 0 Å². The Kier molecular flexibility index (Phi) is 6.91. The number of hydrogen-bond acceptors (Lipinski definition) is 7. The Morgan fingerprint density at radius 3 is 2.70 bits per heavy atom.